The highest BCUT2D eigenvalue weighted by Gasteiger charge is 2.12. The number of carbonyl (C=O) groups excluding carboxylic acids is 1. The molecule has 0 bridgehead atoms. The zero-order valence-electron chi connectivity index (χ0n) is 16.0. The van der Waals surface area contributed by atoms with Gasteiger partial charge in [-0.15, -0.1) is 0 Å². The lowest BCUT2D eigenvalue weighted by Gasteiger charge is -2.11. The summed E-state index contributed by atoms with van der Waals surface area (Å²) in [7, 11) is 3.00. The Morgan fingerprint density at radius 2 is 1.83 bits per heavy atom. The summed E-state index contributed by atoms with van der Waals surface area (Å²) >= 11 is 0. The molecule has 7 nitrogen and oxygen atoms in total. The van der Waals surface area contributed by atoms with Gasteiger partial charge in [-0.25, -0.2) is 9.07 Å². The van der Waals surface area contributed by atoms with Crippen molar-refractivity contribution in [2.24, 2.45) is 0 Å². The third-order valence-electron chi connectivity index (χ3n) is 4.25. The Balaban J connectivity index is 1.73. The van der Waals surface area contributed by atoms with Gasteiger partial charge in [0.2, 0.25) is 5.91 Å². The predicted octanol–water partition coefficient (Wildman–Crippen LogP) is 2.38. The topological polar surface area (TPSA) is 82.4 Å². The normalized spacial score (nSPS) is 10.4. The minimum atomic E-state index is -0.447. The number of benzene rings is 2. The van der Waals surface area contributed by atoms with Crippen LogP contribution in [-0.4, -0.2) is 29.9 Å². The van der Waals surface area contributed by atoms with Gasteiger partial charge in [0.15, 0.2) is 0 Å². The molecule has 3 rings (SSSR count). The molecule has 1 amide bonds. The maximum absolute atomic E-state index is 13.4. The van der Waals surface area contributed by atoms with E-state index in [1.165, 1.54) is 37.4 Å². The number of nitrogens with one attached hydrogen (secondary N) is 1. The molecule has 0 spiro atoms. The van der Waals surface area contributed by atoms with Gasteiger partial charge < -0.3 is 14.8 Å². The second-order valence-corrected chi connectivity index (χ2v) is 6.18. The van der Waals surface area contributed by atoms with Crippen molar-refractivity contribution in [3.8, 4) is 22.8 Å². The van der Waals surface area contributed by atoms with Crippen molar-refractivity contribution in [3.05, 3.63) is 76.3 Å². The zero-order valence-corrected chi connectivity index (χ0v) is 16.0. The Labute approximate surface area is 166 Å². The van der Waals surface area contributed by atoms with Crippen LogP contribution >= 0.6 is 0 Å². The van der Waals surface area contributed by atoms with Crippen molar-refractivity contribution in [2.75, 3.05) is 14.2 Å². The highest BCUT2D eigenvalue weighted by molar-refractivity contribution is 5.75. The first-order valence-corrected chi connectivity index (χ1v) is 8.82. The Morgan fingerprint density at radius 3 is 2.52 bits per heavy atom. The first-order chi connectivity index (χ1) is 14.0. The highest BCUT2D eigenvalue weighted by atomic mass is 19.1. The minimum absolute atomic E-state index is 0.244. The first kappa shape index (κ1) is 20.1. The Bertz CT molecular complexity index is 1060. The second-order valence-electron chi connectivity index (χ2n) is 6.18. The van der Waals surface area contributed by atoms with Crippen molar-refractivity contribution in [1.29, 1.82) is 0 Å². The van der Waals surface area contributed by atoms with E-state index in [1.54, 1.807) is 19.2 Å². The molecule has 1 N–H and O–H groups in total. The first-order valence-electron chi connectivity index (χ1n) is 8.82. The number of halogens is 1. The van der Waals surface area contributed by atoms with Crippen molar-refractivity contribution in [3.63, 3.8) is 0 Å². The molecule has 0 radical (unpaired) electrons. The van der Waals surface area contributed by atoms with Crippen LogP contribution in [0.3, 0.4) is 0 Å². The van der Waals surface area contributed by atoms with Crippen LogP contribution in [0.15, 0.2) is 59.4 Å². The molecule has 150 valence electrons. The van der Waals surface area contributed by atoms with Gasteiger partial charge in [-0.1, -0.05) is 12.1 Å². The second kappa shape index (κ2) is 9.01. The molecule has 0 aliphatic rings. The number of aromatic nitrogens is 2. The van der Waals surface area contributed by atoms with Crippen LogP contribution in [0.5, 0.6) is 11.5 Å². The number of amides is 1. The van der Waals surface area contributed by atoms with Crippen LogP contribution in [0, 0.1) is 5.82 Å². The van der Waals surface area contributed by atoms with Crippen LogP contribution in [0.2, 0.25) is 0 Å². The van der Waals surface area contributed by atoms with E-state index >= 15 is 0 Å². The Hall–Kier alpha value is -3.68. The standard InChI is InChI=1S/C21H20FN3O4/c1-28-16-6-3-14(4-7-16)12-23-20(26)13-25-21(27)10-9-18(24-25)17-8-5-15(22)11-19(17)29-2/h3-11H,12-13H2,1-2H3,(H,23,26). The third-order valence-corrected chi connectivity index (χ3v) is 4.25. The average molecular weight is 397 g/mol. The van der Waals surface area contributed by atoms with Crippen LogP contribution in [0.4, 0.5) is 4.39 Å². The quantitative estimate of drug-likeness (QED) is 0.662. The SMILES string of the molecule is COc1ccc(CNC(=O)Cn2nc(-c3ccc(F)cc3OC)ccc2=O)cc1. The van der Waals surface area contributed by atoms with Crippen molar-refractivity contribution >= 4 is 5.91 Å². The molecule has 0 saturated carbocycles. The molecule has 3 aromatic rings. The summed E-state index contributed by atoms with van der Waals surface area (Å²) in [6, 6.07) is 14.1. The van der Waals surface area contributed by atoms with Crippen molar-refractivity contribution < 1.29 is 18.7 Å². The highest BCUT2D eigenvalue weighted by Crippen LogP contribution is 2.28. The van der Waals surface area contributed by atoms with E-state index < -0.39 is 11.4 Å². The molecule has 0 saturated heterocycles. The summed E-state index contributed by atoms with van der Waals surface area (Å²) in [5.41, 5.74) is 1.38. The summed E-state index contributed by atoms with van der Waals surface area (Å²) in [5.74, 6) is 0.200. The summed E-state index contributed by atoms with van der Waals surface area (Å²) in [6.45, 7) is 0.0649. The van der Waals surface area contributed by atoms with Gasteiger partial charge in [0, 0.05) is 24.2 Å². The van der Waals surface area contributed by atoms with E-state index in [9.17, 15) is 14.0 Å². The molecule has 0 atom stereocenters. The molecular formula is C21H20FN3O4. The smallest absolute Gasteiger partial charge is 0.267 e. The maximum atomic E-state index is 13.4. The fourth-order valence-electron chi connectivity index (χ4n) is 2.72. The van der Waals surface area contributed by atoms with Gasteiger partial charge in [0.1, 0.15) is 23.9 Å². The monoisotopic (exact) mass is 397 g/mol. The molecule has 1 heterocycles. The average Bonchev–Trinajstić information content (AvgIpc) is 2.74. The number of ether oxygens (including phenoxy) is 2. The van der Waals surface area contributed by atoms with E-state index in [1.807, 2.05) is 12.1 Å². The Kier molecular flexibility index (Phi) is 6.23. The van der Waals surface area contributed by atoms with Crippen LogP contribution < -0.4 is 20.3 Å². The number of carbonyl (C=O) groups is 1. The molecular weight excluding hydrogens is 377 g/mol. The number of hydrogen-bond donors (Lipinski definition) is 1. The number of rotatable bonds is 7. The fraction of sp³-hybridized carbons (Fsp3) is 0.190. The lowest BCUT2D eigenvalue weighted by molar-refractivity contribution is -0.122. The molecule has 8 heteroatoms. The van der Waals surface area contributed by atoms with Crippen molar-refractivity contribution in [2.45, 2.75) is 13.1 Å². The largest absolute Gasteiger partial charge is 0.497 e. The summed E-state index contributed by atoms with van der Waals surface area (Å²) in [4.78, 5) is 24.4. The molecule has 0 unspecified atom stereocenters. The van der Waals surface area contributed by atoms with E-state index in [0.717, 1.165) is 16.0 Å². The fourth-order valence-corrected chi connectivity index (χ4v) is 2.72. The summed E-state index contributed by atoms with van der Waals surface area (Å²) in [5, 5.41) is 6.97. The van der Waals surface area contributed by atoms with Crippen LogP contribution in [0.25, 0.3) is 11.3 Å². The van der Waals surface area contributed by atoms with Crippen molar-refractivity contribution in [1.82, 2.24) is 15.1 Å². The van der Waals surface area contributed by atoms with E-state index in [-0.39, 0.29) is 18.2 Å². The number of hydrogen-bond acceptors (Lipinski definition) is 5. The summed E-state index contributed by atoms with van der Waals surface area (Å²) < 4.78 is 24.7. The lowest BCUT2D eigenvalue weighted by atomic mass is 10.1. The van der Waals surface area contributed by atoms with Gasteiger partial charge in [0.25, 0.3) is 5.56 Å². The van der Waals surface area contributed by atoms with Crippen LogP contribution in [-0.2, 0) is 17.9 Å². The molecule has 0 fully saturated rings. The Morgan fingerprint density at radius 1 is 1.07 bits per heavy atom. The van der Waals surface area contributed by atoms with E-state index in [0.29, 0.717) is 17.8 Å². The van der Waals surface area contributed by atoms with Crippen LogP contribution in [0.1, 0.15) is 5.56 Å². The van der Waals surface area contributed by atoms with Gasteiger partial charge in [0.05, 0.1) is 19.9 Å². The van der Waals surface area contributed by atoms with E-state index in [2.05, 4.69) is 10.4 Å². The lowest BCUT2D eigenvalue weighted by Crippen LogP contribution is -2.33. The zero-order chi connectivity index (χ0) is 20.8. The summed E-state index contributed by atoms with van der Waals surface area (Å²) in [6.07, 6.45) is 0. The van der Waals surface area contributed by atoms with E-state index in [4.69, 9.17) is 9.47 Å². The predicted molar refractivity (Wildman–Crippen MR) is 105 cm³/mol. The third kappa shape index (κ3) is 4.98. The van der Waals surface area contributed by atoms with Gasteiger partial charge in [-0.3, -0.25) is 9.59 Å². The van der Waals surface area contributed by atoms with Gasteiger partial charge >= 0.3 is 0 Å². The van der Waals surface area contributed by atoms with Gasteiger partial charge in [-0.2, -0.15) is 5.10 Å². The number of methoxy groups -OCH3 is 2. The molecule has 0 aliphatic heterocycles. The molecule has 1 aromatic heterocycles. The maximum Gasteiger partial charge on any atom is 0.267 e. The number of nitrogens with zero attached hydrogens (tertiary/aromatic N) is 2. The van der Waals surface area contributed by atoms with Gasteiger partial charge in [-0.05, 0) is 35.9 Å². The molecule has 29 heavy (non-hydrogen) atoms. The molecule has 0 aliphatic carbocycles. The minimum Gasteiger partial charge on any atom is -0.497 e. The molecule has 2 aromatic carbocycles.